The molecule has 1 aromatic rings. The van der Waals surface area contributed by atoms with E-state index in [1.54, 1.807) is 6.07 Å². The van der Waals surface area contributed by atoms with E-state index < -0.39 is 0 Å². The van der Waals surface area contributed by atoms with Gasteiger partial charge in [-0.3, -0.25) is 4.79 Å². The zero-order valence-corrected chi connectivity index (χ0v) is 9.24. The van der Waals surface area contributed by atoms with Crippen LogP contribution in [0.2, 0.25) is 0 Å². The van der Waals surface area contributed by atoms with E-state index in [2.05, 4.69) is 20.3 Å². The van der Waals surface area contributed by atoms with E-state index in [1.165, 1.54) is 19.1 Å². The van der Waals surface area contributed by atoms with Gasteiger partial charge in [-0.25, -0.2) is 0 Å². The van der Waals surface area contributed by atoms with Gasteiger partial charge in [-0.05, 0) is 12.8 Å². The summed E-state index contributed by atoms with van der Waals surface area (Å²) in [7, 11) is 0. The van der Waals surface area contributed by atoms with Gasteiger partial charge in [0.2, 0.25) is 5.91 Å². The Hall–Kier alpha value is -1.36. The molecule has 2 rings (SSSR count). The van der Waals surface area contributed by atoms with E-state index in [-0.39, 0.29) is 5.91 Å². The van der Waals surface area contributed by atoms with Crippen LogP contribution in [0.3, 0.4) is 0 Å². The predicted octanol–water partition coefficient (Wildman–Crippen LogP) is 0.823. The van der Waals surface area contributed by atoms with Crippen molar-refractivity contribution in [2.24, 2.45) is 0 Å². The third-order valence-electron chi connectivity index (χ3n) is 2.80. The highest BCUT2D eigenvalue weighted by atomic mass is 16.5. The van der Waals surface area contributed by atoms with Gasteiger partial charge in [0, 0.05) is 18.7 Å². The van der Waals surface area contributed by atoms with Gasteiger partial charge in [0.1, 0.15) is 6.26 Å². The number of carbonyl (C=O) groups is 1. The van der Waals surface area contributed by atoms with Gasteiger partial charge in [-0.15, -0.1) is 0 Å². The second kappa shape index (κ2) is 5.65. The van der Waals surface area contributed by atoms with E-state index in [4.69, 9.17) is 0 Å². The number of rotatable bonds is 5. The zero-order valence-electron chi connectivity index (χ0n) is 9.24. The summed E-state index contributed by atoms with van der Waals surface area (Å²) in [5.41, 5.74) is 0.814. The van der Waals surface area contributed by atoms with Gasteiger partial charge in [-0.1, -0.05) is 18.0 Å². The summed E-state index contributed by atoms with van der Waals surface area (Å²) < 4.78 is 4.69. The minimum Gasteiger partial charge on any atom is -0.364 e. The van der Waals surface area contributed by atoms with Crippen molar-refractivity contribution in [2.75, 3.05) is 6.54 Å². The molecule has 5 heteroatoms. The van der Waals surface area contributed by atoms with Crippen molar-refractivity contribution in [3.8, 4) is 0 Å². The molecule has 0 aromatic carbocycles. The average molecular weight is 223 g/mol. The second-order valence-corrected chi connectivity index (χ2v) is 4.14. The van der Waals surface area contributed by atoms with Crippen molar-refractivity contribution in [3.05, 3.63) is 18.0 Å². The predicted molar refractivity (Wildman–Crippen MR) is 58.6 cm³/mol. The van der Waals surface area contributed by atoms with E-state index in [1.807, 2.05) is 0 Å². The molecule has 0 saturated heterocycles. The summed E-state index contributed by atoms with van der Waals surface area (Å²) in [5.74, 6) is 0.0652. The third-order valence-corrected chi connectivity index (χ3v) is 2.80. The van der Waals surface area contributed by atoms with E-state index in [0.29, 0.717) is 19.1 Å². The molecular formula is C11H17N3O2. The highest BCUT2D eigenvalue weighted by Crippen LogP contribution is 2.17. The van der Waals surface area contributed by atoms with Gasteiger partial charge in [0.05, 0.1) is 12.2 Å². The molecule has 0 atom stereocenters. The molecular weight excluding hydrogens is 206 g/mol. The van der Waals surface area contributed by atoms with Gasteiger partial charge < -0.3 is 15.2 Å². The lowest BCUT2D eigenvalue weighted by molar-refractivity contribution is -0.120. The van der Waals surface area contributed by atoms with Crippen LogP contribution < -0.4 is 10.6 Å². The number of amides is 1. The Labute approximate surface area is 94.6 Å². The molecule has 0 aliphatic heterocycles. The average Bonchev–Trinajstić information content (AvgIpc) is 2.90. The van der Waals surface area contributed by atoms with Gasteiger partial charge >= 0.3 is 0 Å². The van der Waals surface area contributed by atoms with Crippen molar-refractivity contribution in [3.63, 3.8) is 0 Å². The quantitative estimate of drug-likeness (QED) is 0.775. The molecule has 1 heterocycles. The fourth-order valence-corrected chi connectivity index (χ4v) is 1.98. The topological polar surface area (TPSA) is 67.2 Å². The highest BCUT2D eigenvalue weighted by Gasteiger charge is 2.16. The fourth-order valence-electron chi connectivity index (χ4n) is 1.98. The van der Waals surface area contributed by atoms with E-state index >= 15 is 0 Å². The SMILES string of the molecule is O=C(CNCc1ccon1)NC1CCCC1. The van der Waals surface area contributed by atoms with E-state index in [0.717, 1.165) is 18.5 Å². The summed E-state index contributed by atoms with van der Waals surface area (Å²) in [6.07, 6.45) is 6.23. The van der Waals surface area contributed by atoms with Crippen LogP contribution in [-0.4, -0.2) is 23.7 Å². The molecule has 88 valence electrons. The lowest BCUT2D eigenvalue weighted by Crippen LogP contribution is -2.38. The van der Waals surface area contributed by atoms with Crippen LogP contribution in [0.1, 0.15) is 31.4 Å². The van der Waals surface area contributed by atoms with Crippen molar-refractivity contribution >= 4 is 5.91 Å². The standard InChI is InChI=1S/C11H17N3O2/c15-11(13-9-3-1-2-4-9)8-12-7-10-5-6-16-14-10/h5-6,9,12H,1-4,7-8H2,(H,13,15). The van der Waals surface area contributed by atoms with Crippen LogP contribution in [0.15, 0.2) is 16.9 Å². The lowest BCUT2D eigenvalue weighted by Gasteiger charge is -2.11. The summed E-state index contributed by atoms with van der Waals surface area (Å²) in [4.78, 5) is 11.5. The first-order chi connectivity index (χ1) is 7.84. The Kier molecular flexibility index (Phi) is 3.93. The summed E-state index contributed by atoms with van der Waals surface area (Å²) >= 11 is 0. The molecule has 2 N–H and O–H groups in total. The summed E-state index contributed by atoms with van der Waals surface area (Å²) in [6, 6.07) is 2.17. The first-order valence-corrected chi connectivity index (χ1v) is 5.74. The van der Waals surface area contributed by atoms with Crippen molar-refractivity contribution in [2.45, 2.75) is 38.3 Å². The second-order valence-electron chi connectivity index (χ2n) is 4.14. The molecule has 1 amide bonds. The Morgan fingerprint density at radius 3 is 3.00 bits per heavy atom. The number of aromatic nitrogens is 1. The fraction of sp³-hybridized carbons (Fsp3) is 0.636. The summed E-state index contributed by atoms with van der Waals surface area (Å²) in [5, 5.41) is 9.79. The van der Waals surface area contributed by atoms with Crippen LogP contribution >= 0.6 is 0 Å². The largest absolute Gasteiger partial charge is 0.364 e. The molecule has 0 bridgehead atoms. The monoisotopic (exact) mass is 223 g/mol. The maximum absolute atomic E-state index is 11.5. The lowest BCUT2D eigenvalue weighted by atomic mass is 10.2. The minimum atomic E-state index is 0.0652. The molecule has 0 unspecified atom stereocenters. The Balaban J connectivity index is 1.60. The van der Waals surface area contributed by atoms with Crippen LogP contribution in [0.4, 0.5) is 0 Å². The van der Waals surface area contributed by atoms with E-state index in [9.17, 15) is 4.79 Å². The molecule has 0 spiro atoms. The first kappa shape index (κ1) is 11.1. The zero-order chi connectivity index (χ0) is 11.2. The number of carbonyl (C=O) groups excluding carboxylic acids is 1. The molecule has 1 fully saturated rings. The van der Waals surface area contributed by atoms with Crippen molar-refractivity contribution < 1.29 is 9.32 Å². The number of hydrogen-bond acceptors (Lipinski definition) is 4. The highest BCUT2D eigenvalue weighted by molar-refractivity contribution is 5.78. The minimum absolute atomic E-state index is 0.0652. The molecule has 1 aromatic heterocycles. The molecule has 1 aliphatic rings. The molecule has 1 aliphatic carbocycles. The van der Waals surface area contributed by atoms with Crippen LogP contribution in [0, 0.1) is 0 Å². The third kappa shape index (κ3) is 3.34. The molecule has 5 nitrogen and oxygen atoms in total. The first-order valence-electron chi connectivity index (χ1n) is 5.74. The Bertz CT molecular complexity index is 318. The number of nitrogens with one attached hydrogen (secondary N) is 2. The van der Waals surface area contributed by atoms with Crippen LogP contribution in [-0.2, 0) is 11.3 Å². The summed E-state index contributed by atoms with van der Waals surface area (Å²) in [6.45, 7) is 0.901. The van der Waals surface area contributed by atoms with Gasteiger partial charge in [0.25, 0.3) is 0 Å². The van der Waals surface area contributed by atoms with Crippen LogP contribution in [0.25, 0.3) is 0 Å². The normalized spacial score (nSPS) is 16.5. The Morgan fingerprint density at radius 2 is 2.31 bits per heavy atom. The van der Waals surface area contributed by atoms with Crippen molar-refractivity contribution in [1.29, 1.82) is 0 Å². The maximum Gasteiger partial charge on any atom is 0.234 e. The van der Waals surface area contributed by atoms with Gasteiger partial charge in [0.15, 0.2) is 0 Å². The maximum atomic E-state index is 11.5. The van der Waals surface area contributed by atoms with Crippen molar-refractivity contribution in [1.82, 2.24) is 15.8 Å². The van der Waals surface area contributed by atoms with Gasteiger partial charge in [-0.2, -0.15) is 0 Å². The number of hydrogen-bond donors (Lipinski definition) is 2. The smallest absolute Gasteiger partial charge is 0.234 e. The molecule has 16 heavy (non-hydrogen) atoms. The number of nitrogens with zero attached hydrogens (tertiary/aromatic N) is 1. The molecule has 1 saturated carbocycles. The van der Waals surface area contributed by atoms with Crippen LogP contribution in [0.5, 0.6) is 0 Å². The Morgan fingerprint density at radius 1 is 1.50 bits per heavy atom. The molecule has 0 radical (unpaired) electrons.